The third-order valence-electron chi connectivity index (χ3n) is 3.17. The van der Waals surface area contributed by atoms with Gasteiger partial charge < -0.3 is 5.32 Å². The molecular weight excluding hydrogens is 273 g/mol. The number of hydrogen-bond donors (Lipinski definition) is 1. The van der Waals surface area contributed by atoms with E-state index < -0.39 is 0 Å². The van der Waals surface area contributed by atoms with Crippen molar-refractivity contribution in [1.82, 2.24) is 0 Å². The van der Waals surface area contributed by atoms with Crippen molar-refractivity contribution in [3.8, 4) is 0 Å². The molecule has 0 radical (unpaired) electrons. The molecule has 0 aliphatic heterocycles. The van der Waals surface area contributed by atoms with Crippen molar-refractivity contribution in [1.29, 1.82) is 0 Å². The minimum Gasteiger partial charge on any atom is -0.381 e. The molecule has 0 bridgehead atoms. The van der Waals surface area contributed by atoms with Crippen LogP contribution in [0.25, 0.3) is 10.8 Å². The molecule has 0 aliphatic rings. The molecule has 0 heterocycles. The maximum absolute atomic E-state index is 13.2. The topological polar surface area (TPSA) is 12.0 Å². The molecule has 0 aliphatic carbocycles. The standard InChI is InChI=1S/C17H13ClFN/c18-15-8-16(19)10-17(9-15)20-11-12-5-6-13-3-1-2-4-14(13)7-12/h1-10,20H,11H2. The van der Waals surface area contributed by atoms with Crippen LogP contribution in [0.2, 0.25) is 5.02 Å². The van der Waals surface area contributed by atoms with Crippen LogP contribution in [-0.4, -0.2) is 0 Å². The highest BCUT2D eigenvalue weighted by Gasteiger charge is 2.00. The average molecular weight is 286 g/mol. The van der Waals surface area contributed by atoms with Gasteiger partial charge in [-0.1, -0.05) is 48.0 Å². The van der Waals surface area contributed by atoms with Gasteiger partial charge in [0.1, 0.15) is 5.82 Å². The molecule has 20 heavy (non-hydrogen) atoms. The van der Waals surface area contributed by atoms with Gasteiger partial charge in [0, 0.05) is 17.3 Å². The van der Waals surface area contributed by atoms with Gasteiger partial charge in [-0.25, -0.2) is 4.39 Å². The van der Waals surface area contributed by atoms with E-state index in [1.807, 2.05) is 12.1 Å². The molecule has 3 aromatic rings. The summed E-state index contributed by atoms with van der Waals surface area (Å²) >= 11 is 5.83. The van der Waals surface area contributed by atoms with Gasteiger partial charge in [-0.3, -0.25) is 0 Å². The van der Waals surface area contributed by atoms with Crippen molar-refractivity contribution in [3.63, 3.8) is 0 Å². The molecule has 1 nitrogen and oxygen atoms in total. The second kappa shape index (κ2) is 5.51. The second-order valence-electron chi connectivity index (χ2n) is 4.69. The predicted octanol–water partition coefficient (Wildman–Crippen LogP) is 5.24. The number of halogens is 2. The Labute approximate surface area is 122 Å². The van der Waals surface area contributed by atoms with Gasteiger partial charge in [0.15, 0.2) is 0 Å². The van der Waals surface area contributed by atoms with Crippen molar-refractivity contribution < 1.29 is 4.39 Å². The minimum atomic E-state index is -0.335. The summed E-state index contributed by atoms with van der Waals surface area (Å²) in [4.78, 5) is 0. The van der Waals surface area contributed by atoms with Crippen molar-refractivity contribution in [3.05, 3.63) is 77.1 Å². The number of anilines is 1. The van der Waals surface area contributed by atoms with E-state index >= 15 is 0 Å². The van der Waals surface area contributed by atoms with E-state index in [1.165, 1.54) is 22.9 Å². The maximum atomic E-state index is 13.2. The smallest absolute Gasteiger partial charge is 0.126 e. The molecule has 0 atom stereocenters. The zero-order valence-corrected chi connectivity index (χ0v) is 11.5. The van der Waals surface area contributed by atoms with Gasteiger partial charge in [-0.15, -0.1) is 0 Å². The van der Waals surface area contributed by atoms with Crippen LogP contribution in [0.4, 0.5) is 10.1 Å². The van der Waals surface area contributed by atoms with Crippen LogP contribution in [0.1, 0.15) is 5.56 Å². The van der Waals surface area contributed by atoms with Gasteiger partial charge in [0.05, 0.1) is 0 Å². The van der Waals surface area contributed by atoms with Crippen LogP contribution >= 0.6 is 11.6 Å². The number of nitrogens with one attached hydrogen (secondary N) is 1. The molecule has 1 N–H and O–H groups in total. The van der Waals surface area contributed by atoms with E-state index in [2.05, 4.69) is 35.6 Å². The molecule has 100 valence electrons. The summed E-state index contributed by atoms with van der Waals surface area (Å²) in [5.74, 6) is -0.335. The third-order valence-corrected chi connectivity index (χ3v) is 3.39. The summed E-state index contributed by atoms with van der Waals surface area (Å²) in [5.41, 5.74) is 1.83. The highest BCUT2D eigenvalue weighted by atomic mass is 35.5. The average Bonchev–Trinajstić information content (AvgIpc) is 2.44. The van der Waals surface area contributed by atoms with Gasteiger partial charge in [-0.2, -0.15) is 0 Å². The Morgan fingerprint density at radius 3 is 2.50 bits per heavy atom. The molecule has 0 unspecified atom stereocenters. The normalized spacial score (nSPS) is 10.7. The Kier molecular flexibility index (Phi) is 3.57. The fourth-order valence-corrected chi connectivity index (χ4v) is 2.43. The van der Waals surface area contributed by atoms with Gasteiger partial charge >= 0.3 is 0 Å². The molecule has 3 heteroatoms. The lowest BCUT2D eigenvalue weighted by atomic mass is 10.1. The lowest BCUT2D eigenvalue weighted by Gasteiger charge is -2.08. The zero-order valence-electron chi connectivity index (χ0n) is 10.7. The molecule has 0 fully saturated rings. The Balaban J connectivity index is 1.79. The van der Waals surface area contributed by atoms with Crippen LogP contribution < -0.4 is 5.32 Å². The van der Waals surface area contributed by atoms with E-state index in [1.54, 1.807) is 6.07 Å². The molecule has 0 aromatic heterocycles. The second-order valence-corrected chi connectivity index (χ2v) is 5.13. The minimum absolute atomic E-state index is 0.335. The molecule has 0 amide bonds. The molecule has 3 rings (SSSR count). The Morgan fingerprint density at radius 1 is 0.900 bits per heavy atom. The number of benzene rings is 3. The summed E-state index contributed by atoms with van der Waals surface area (Å²) in [7, 11) is 0. The summed E-state index contributed by atoms with van der Waals surface area (Å²) in [5, 5.41) is 5.99. The Morgan fingerprint density at radius 2 is 1.70 bits per heavy atom. The van der Waals surface area contributed by atoms with Gasteiger partial charge in [0.25, 0.3) is 0 Å². The van der Waals surface area contributed by atoms with Crippen molar-refractivity contribution in [2.24, 2.45) is 0 Å². The molecule has 3 aromatic carbocycles. The van der Waals surface area contributed by atoms with Gasteiger partial charge in [-0.05, 0) is 40.6 Å². The number of fused-ring (bicyclic) bond motifs is 1. The Bertz CT molecular complexity index is 735. The zero-order chi connectivity index (χ0) is 13.9. The van der Waals surface area contributed by atoms with Crippen LogP contribution in [0.15, 0.2) is 60.7 Å². The molecule has 0 saturated heterocycles. The van der Waals surface area contributed by atoms with Crippen LogP contribution in [0.5, 0.6) is 0 Å². The quantitative estimate of drug-likeness (QED) is 0.693. The predicted molar refractivity (Wildman–Crippen MR) is 82.7 cm³/mol. The Hall–Kier alpha value is -2.06. The third kappa shape index (κ3) is 2.91. The molecule has 0 saturated carbocycles. The fraction of sp³-hybridized carbons (Fsp3) is 0.0588. The summed E-state index contributed by atoms with van der Waals surface area (Å²) in [6.45, 7) is 0.630. The first-order valence-corrected chi connectivity index (χ1v) is 6.76. The van der Waals surface area contributed by atoms with Crippen LogP contribution in [0.3, 0.4) is 0 Å². The van der Waals surface area contributed by atoms with E-state index in [9.17, 15) is 4.39 Å². The van der Waals surface area contributed by atoms with E-state index in [4.69, 9.17) is 11.6 Å². The van der Waals surface area contributed by atoms with Crippen LogP contribution in [0, 0.1) is 5.82 Å². The first-order valence-electron chi connectivity index (χ1n) is 6.38. The summed E-state index contributed by atoms with van der Waals surface area (Å²) < 4.78 is 13.2. The molecule has 0 spiro atoms. The van der Waals surface area contributed by atoms with Gasteiger partial charge in [0.2, 0.25) is 0 Å². The lowest BCUT2D eigenvalue weighted by molar-refractivity contribution is 0.628. The largest absolute Gasteiger partial charge is 0.381 e. The monoisotopic (exact) mass is 285 g/mol. The van der Waals surface area contributed by atoms with Crippen molar-refractivity contribution >= 4 is 28.1 Å². The number of rotatable bonds is 3. The van der Waals surface area contributed by atoms with E-state index in [-0.39, 0.29) is 5.82 Å². The lowest BCUT2D eigenvalue weighted by Crippen LogP contribution is -1.99. The number of hydrogen-bond acceptors (Lipinski definition) is 1. The van der Waals surface area contributed by atoms with Crippen molar-refractivity contribution in [2.45, 2.75) is 6.54 Å². The first-order chi connectivity index (χ1) is 9.70. The van der Waals surface area contributed by atoms with E-state index in [0.717, 1.165) is 5.56 Å². The summed E-state index contributed by atoms with van der Waals surface area (Å²) in [6, 6.07) is 18.9. The summed E-state index contributed by atoms with van der Waals surface area (Å²) in [6.07, 6.45) is 0. The maximum Gasteiger partial charge on any atom is 0.126 e. The van der Waals surface area contributed by atoms with E-state index in [0.29, 0.717) is 17.3 Å². The molecular formula is C17H13ClFN. The SMILES string of the molecule is Fc1cc(Cl)cc(NCc2ccc3ccccc3c2)c1. The highest BCUT2D eigenvalue weighted by molar-refractivity contribution is 6.30. The first kappa shape index (κ1) is 12.9. The van der Waals surface area contributed by atoms with Crippen LogP contribution in [-0.2, 0) is 6.54 Å². The van der Waals surface area contributed by atoms with Crippen molar-refractivity contribution in [2.75, 3.05) is 5.32 Å². The highest BCUT2D eigenvalue weighted by Crippen LogP contribution is 2.20. The fourth-order valence-electron chi connectivity index (χ4n) is 2.21.